The van der Waals surface area contributed by atoms with Crippen LogP contribution >= 0.6 is 11.8 Å². The molecule has 0 bridgehead atoms. The third kappa shape index (κ3) is 5.12. The summed E-state index contributed by atoms with van der Waals surface area (Å²) >= 11 is 1.57. The van der Waals surface area contributed by atoms with Crippen molar-refractivity contribution in [3.05, 3.63) is 24.3 Å². The lowest BCUT2D eigenvalue weighted by atomic mass is 10.2. The Kier molecular flexibility index (Phi) is 6.32. The second-order valence-corrected chi connectivity index (χ2v) is 8.06. The van der Waals surface area contributed by atoms with E-state index in [4.69, 9.17) is 4.74 Å². The largest absolute Gasteiger partial charge is 0.495 e. The standard InChI is InChI=1S/C15H22N2O4S2/c1-21-13-5-3-4-6-14(13)23(19,20)17-12(9-10-22-2)15(18)16-11-7-8-11/h3-6,11-12,17H,7-10H2,1-2H3,(H,16,18)/t12-/m1/s1. The first-order valence-electron chi connectivity index (χ1n) is 7.42. The van der Waals surface area contributed by atoms with E-state index in [1.165, 1.54) is 13.2 Å². The van der Waals surface area contributed by atoms with Crippen molar-refractivity contribution in [1.82, 2.24) is 10.0 Å². The fraction of sp³-hybridized carbons (Fsp3) is 0.533. The maximum Gasteiger partial charge on any atom is 0.244 e. The van der Waals surface area contributed by atoms with E-state index in [0.717, 1.165) is 12.8 Å². The fourth-order valence-corrected chi connectivity index (χ4v) is 3.97. The Morgan fingerprint density at radius 3 is 2.70 bits per heavy atom. The molecule has 2 rings (SSSR count). The van der Waals surface area contributed by atoms with Crippen molar-refractivity contribution in [2.45, 2.75) is 36.2 Å². The van der Waals surface area contributed by atoms with Gasteiger partial charge in [-0.1, -0.05) is 12.1 Å². The molecule has 2 N–H and O–H groups in total. The van der Waals surface area contributed by atoms with Gasteiger partial charge in [0.25, 0.3) is 0 Å². The average molecular weight is 358 g/mol. The number of ether oxygens (including phenoxy) is 1. The van der Waals surface area contributed by atoms with E-state index in [-0.39, 0.29) is 22.6 Å². The number of thioether (sulfide) groups is 1. The van der Waals surface area contributed by atoms with E-state index in [1.807, 2.05) is 6.26 Å². The molecule has 1 amide bonds. The van der Waals surface area contributed by atoms with Crippen molar-refractivity contribution in [2.75, 3.05) is 19.1 Å². The first kappa shape index (κ1) is 18.1. The molecule has 1 aromatic rings. The van der Waals surface area contributed by atoms with E-state index >= 15 is 0 Å². The Morgan fingerprint density at radius 2 is 2.09 bits per heavy atom. The Morgan fingerprint density at radius 1 is 1.39 bits per heavy atom. The monoisotopic (exact) mass is 358 g/mol. The van der Waals surface area contributed by atoms with E-state index < -0.39 is 16.1 Å². The number of nitrogens with one attached hydrogen (secondary N) is 2. The third-order valence-electron chi connectivity index (χ3n) is 3.51. The van der Waals surface area contributed by atoms with Crippen LogP contribution in [-0.2, 0) is 14.8 Å². The van der Waals surface area contributed by atoms with Gasteiger partial charge in [0.15, 0.2) is 0 Å². The molecule has 0 spiro atoms. The van der Waals surface area contributed by atoms with Crippen molar-refractivity contribution < 1.29 is 17.9 Å². The Hall–Kier alpha value is -1.25. The normalized spacial score (nSPS) is 15.9. The molecular formula is C15H22N2O4S2. The van der Waals surface area contributed by atoms with Crippen LogP contribution in [0.15, 0.2) is 29.2 Å². The number of benzene rings is 1. The molecular weight excluding hydrogens is 336 g/mol. The molecule has 6 nitrogen and oxygen atoms in total. The Bertz CT molecular complexity index is 645. The van der Waals surface area contributed by atoms with Crippen molar-refractivity contribution >= 4 is 27.7 Å². The summed E-state index contributed by atoms with van der Waals surface area (Å²) in [7, 11) is -2.42. The topological polar surface area (TPSA) is 84.5 Å². The molecule has 1 saturated carbocycles. The predicted molar refractivity (Wildman–Crippen MR) is 91.3 cm³/mol. The molecule has 0 heterocycles. The summed E-state index contributed by atoms with van der Waals surface area (Å²) < 4.78 is 32.9. The van der Waals surface area contributed by atoms with Gasteiger partial charge in [-0.05, 0) is 43.4 Å². The molecule has 0 aromatic heterocycles. The summed E-state index contributed by atoms with van der Waals surface area (Å²) in [6.45, 7) is 0. The molecule has 8 heteroatoms. The molecule has 1 aliphatic carbocycles. The van der Waals surface area contributed by atoms with Crippen LogP contribution in [0.4, 0.5) is 0 Å². The zero-order valence-corrected chi connectivity index (χ0v) is 14.9. The summed E-state index contributed by atoms with van der Waals surface area (Å²) in [5, 5.41) is 2.86. The van der Waals surface area contributed by atoms with Gasteiger partial charge in [0.1, 0.15) is 16.7 Å². The SMILES string of the molecule is COc1ccccc1S(=O)(=O)N[C@H](CCSC)C(=O)NC1CC1. The van der Waals surface area contributed by atoms with Crippen LogP contribution in [0.25, 0.3) is 0 Å². The molecule has 1 aliphatic rings. The number of methoxy groups -OCH3 is 1. The highest BCUT2D eigenvalue weighted by Gasteiger charge is 2.31. The Labute approximate surface area is 141 Å². The van der Waals surface area contributed by atoms with Crippen molar-refractivity contribution in [1.29, 1.82) is 0 Å². The summed E-state index contributed by atoms with van der Waals surface area (Å²) in [4.78, 5) is 12.3. The summed E-state index contributed by atoms with van der Waals surface area (Å²) in [6.07, 6.45) is 4.28. The zero-order chi connectivity index (χ0) is 16.9. The summed E-state index contributed by atoms with van der Waals surface area (Å²) in [6, 6.07) is 5.77. The lowest BCUT2D eigenvalue weighted by Crippen LogP contribution is -2.47. The van der Waals surface area contributed by atoms with Crippen LogP contribution in [0.2, 0.25) is 0 Å². The van der Waals surface area contributed by atoms with Crippen LogP contribution in [0.3, 0.4) is 0 Å². The first-order chi connectivity index (χ1) is 11.0. The van der Waals surface area contributed by atoms with E-state index in [9.17, 15) is 13.2 Å². The number of sulfonamides is 1. The van der Waals surface area contributed by atoms with Crippen LogP contribution < -0.4 is 14.8 Å². The van der Waals surface area contributed by atoms with Crippen molar-refractivity contribution in [3.63, 3.8) is 0 Å². The van der Waals surface area contributed by atoms with Gasteiger partial charge in [-0.15, -0.1) is 0 Å². The van der Waals surface area contributed by atoms with Crippen LogP contribution in [0, 0.1) is 0 Å². The minimum Gasteiger partial charge on any atom is -0.495 e. The highest BCUT2D eigenvalue weighted by molar-refractivity contribution is 7.98. The van der Waals surface area contributed by atoms with Gasteiger partial charge in [0.2, 0.25) is 15.9 Å². The highest BCUT2D eigenvalue weighted by Crippen LogP contribution is 2.23. The van der Waals surface area contributed by atoms with Crippen LogP contribution in [0.1, 0.15) is 19.3 Å². The number of hydrogen-bond acceptors (Lipinski definition) is 5. The van der Waals surface area contributed by atoms with Gasteiger partial charge in [0, 0.05) is 6.04 Å². The maximum absolute atomic E-state index is 12.6. The van der Waals surface area contributed by atoms with Crippen LogP contribution in [0.5, 0.6) is 5.75 Å². The lowest BCUT2D eigenvalue weighted by Gasteiger charge is -2.19. The van der Waals surface area contributed by atoms with E-state index in [2.05, 4.69) is 10.0 Å². The quantitative estimate of drug-likeness (QED) is 0.697. The minimum absolute atomic E-state index is 0.0378. The maximum atomic E-state index is 12.6. The predicted octanol–water partition coefficient (Wildman–Crippen LogP) is 1.37. The third-order valence-corrected chi connectivity index (χ3v) is 5.66. The van der Waals surface area contributed by atoms with Gasteiger partial charge < -0.3 is 10.1 Å². The molecule has 23 heavy (non-hydrogen) atoms. The summed E-state index contributed by atoms with van der Waals surface area (Å²) in [5.41, 5.74) is 0. The van der Waals surface area contributed by atoms with Gasteiger partial charge in [-0.2, -0.15) is 16.5 Å². The van der Waals surface area contributed by atoms with Crippen LogP contribution in [-0.4, -0.2) is 45.5 Å². The lowest BCUT2D eigenvalue weighted by molar-refractivity contribution is -0.122. The number of para-hydroxylation sites is 1. The summed E-state index contributed by atoms with van der Waals surface area (Å²) in [5.74, 6) is 0.684. The molecule has 1 aromatic carbocycles. The number of hydrogen-bond donors (Lipinski definition) is 2. The number of carbonyl (C=O) groups is 1. The van der Waals surface area contributed by atoms with Crippen molar-refractivity contribution in [2.24, 2.45) is 0 Å². The van der Waals surface area contributed by atoms with Crippen molar-refractivity contribution in [3.8, 4) is 5.75 Å². The molecule has 0 radical (unpaired) electrons. The molecule has 0 saturated heterocycles. The molecule has 0 unspecified atom stereocenters. The molecule has 0 aliphatic heterocycles. The molecule has 128 valence electrons. The fourth-order valence-electron chi connectivity index (χ4n) is 2.10. The number of rotatable bonds is 9. The number of carbonyl (C=O) groups excluding carboxylic acids is 1. The highest BCUT2D eigenvalue weighted by atomic mass is 32.2. The number of amides is 1. The Balaban J connectivity index is 2.16. The van der Waals surface area contributed by atoms with Gasteiger partial charge in [-0.3, -0.25) is 4.79 Å². The minimum atomic E-state index is -3.84. The second-order valence-electron chi connectivity index (χ2n) is 5.39. The smallest absolute Gasteiger partial charge is 0.244 e. The van der Waals surface area contributed by atoms with Gasteiger partial charge >= 0.3 is 0 Å². The first-order valence-corrected chi connectivity index (χ1v) is 10.3. The molecule has 1 fully saturated rings. The molecule has 1 atom stereocenters. The average Bonchev–Trinajstić information content (AvgIpc) is 3.35. The second kappa shape index (κ2) is 8.03. The van der Waals surface area contributed by atoms with E-state index in [0.29, 0.717) is 12.2 Å². The zero-order valence-electron chi connectivity index (χ0n) is 13.2. The van der Waals surface area contributed by atoms with E-state index in [1.54, 1.807) is 30.0 Å². The van der Waals surface area contributed by atoms with Gasteiger partial charge in [0.05, 0.1) is 7.11 Å². The van der Waals surface area contributed by atoms with Gasteiger partial charge in [-0.25, -0.2) is 8.42 Å².